The summed E-state index contributed by atoms with van der Waals surface area (Å²) in [6.45, 7) is 1.93. The van der Waals surface area contributed by atoms with Crippen LogP contribution in [0, 0.1) is 46.0 Å². The van der Waals surface area contributed by atoms with E-state index in [1.54, 1.807) is 6.92 Å². The first-order chi connectivity index (χ1) is 6.61. The summed E-state index contributed by atoms with van der Waals surface area (Å²) in [4.78, 5) is 24.8. The van der Waals surface area contributed by atoms with Crippen LogP contribution in [0.4, 0.5) is 0 Å². The fourth-order valence-electron chi connectivity index (χ4n) is 0. The number of nitrogens with zero attached hydrogens (tertiary/aromatic N) is 3. The third-order valence-corrected chi connectivity index (χ3v) is 0. The molecule has 0 unspecified atom stereocenters. The molecule has 0 atom stereocenters. The van der Waals surface area contributed by atoms with E-state index in [0.29, 0.717) is 0 Å². The molecule has 0 radical (unpaired) electrons. The first-order valence-corrected chi connectivity index (χ1v) is 2.67. The maximum Gasteiger partial charge on any atom is 3.00 e. The first-order valence-electron chi connectivity index (χ1n) is 2.67. The van der Waals surface area contributed by atoms with Crippen LogP contribution in [0.15, 0.2) is 0 Å². The molecule has 0 aliphatic rings. The van der Waals surface area contributed by atoms with Crippen molar-refractivity contribution in [3.05, 3.63) is 46.0 Å². The van der Waals surface area contributed by atoms with Gasteiger partial charge in [0.25, 0.3) is 0 Å². The van der Waals surface area contributed by atoms with E-state index >= 15 is 0 Å². The van der Waals surface area contributed by atoms with Crippen LogP contribution in [0.5, 0.6) is 0 Å². The molecule has 0 saturated carbocycles. The summed E-state index contributed by atoms with van der Waals surface area (Å²) >= 11 is 0. The molecule has 0 aromatic rings. The fraction of sp³-hybridized carbons (Fsp3) is 1.00. The quantitative estimate of drug-likeness (QED) is 0.411. The molecule has 0 bridgehead atoms. The van der Waals surface area contributed by atoms with Crippen molar-refractivity contribution in [3.63, 3.8) is 0 Å². The first kappa shape index (κ1) is 29.3. The van der Waals surface area contributed by atoms with Gasteiger partial charge in [0.05, 0.1) is 15.3 Å². The van der Waals surface area contributed by atoms with Crippen molar-refractivity contribution in [2.45, 2.75) is 6.92 Å². The van der Waals surface area contributed by atoms with E-state index in [-0.39, 0.29) is 32.5 Å². The predicted octanol–water partition coefficient (Wildman–Crippen LogP) is -1.10. The SMILES string of the molecule is CCO.O=[N+]([O-])[O-].O=[N+]([O-])[O-].O=[N+]([O-])[O-].[In+3]. The van der Waals surface area contributed by atoms with Gasteiger partial charge in [-0.15, -0.1) is 0 Å². The van der Waals surface area contributed by atoms with Gasteiger partial charge in [-0.25, -0.2) is 0 Å². The van der Waals surface area contributed by atoms with E-state index < -0.39 is 15.3 Å². The summed E-state index contributed by atoms with van der Waals surface area (Å²) in [5.41, 5.74) is 0. The molecule has 0 aromatic carbocycles. The van der Waals surface area contributed by atoms with E-state index in [9.17, 15) is 0 Å². The molecule has 0 amide bonds. The number of aliphatic hydroxyl groups is 1. The van der Waals surface area contributed by atoms with Crippen molar-refractivity contribution in [3.8, 4) is 0 Å². The molecule has 0 spiro atoms. The van der Waals surface area contributed by atoms with Crippen LogP contribution in [-0.4, -0.2) is 52.8 Å². The Morgan fingerprint density at radius 1 is 0.812 bits per heavy atom. The molecule has 92 valence electrons. The molecule has 0 rings (SSSR count). The maximum absolute atomic E-state index is 8.25. The van der Waals surface area contributed by atoms with E-state index in [1.807, 2.05) is 0 Å². The Hall–Kier alpha value is -1.57. The van der Waals surface area contributed by atoms with Crippen LogP contribution in [0.1, 0.15) is 6.92 Å². The van der Waals surface area contributed by atoms with Crippen LogP contribution in [0.2, 0.25) is 0 Å². The third kappa shape index (κ3) is 659. The van der Waals surface area contributed by atoms with Crippen LogP contribution < -0.4 is 0 Å². The normalized spacial score (nSPS) is 5.62. The monoisotopic (exact) mass is 347 g/mol. The average molecular weight is 347 g/mol. The molecule has 1 N–H and O–H groups in total. The second-order valence-corrected chi connectivity index (χ2v) is 0.987. The number of hydrogen-bond donors (Lipinski definition) is 1. The summed E-state index contributed by atoms with van der Waals surface area (Å²) in [5.74, 6) is 0. The molecule has 0 heterocycles. The molecule has 0 aromatic heterocycles. The van der Waals surface area contributed by atoms with Gasteiger partial charge in [-0.05, 0) is 6.92 Å². The Kier molecular flexibility index (Phi) is 53.4. The average Bonchev–Trinajstić information content (AvgIpc) is 1.81. The van der Waals surface area contributed by atoms with E-state index in [0.717, 1.165) is 0 Å². The Morgan fingerprint density at radius 2 is 0.812 bits per heavy atom. The summed E-state index contributed by atoms with van der Waals surface area (Å²) < 4.78 is 0. The number of aliphatic hydroxyl groups excluding tert-OH is 1. The third-order valence-electron chi connectivity index (χ3n) is 0. The van der Waals surface area contributed by atoms with E-state index in [1.165, 1.54) is 0 Å². The number of rotatable bonds is 0. The molecule has 13 nitrogen and oxygen atoms in total. The van der Waals surface area contributed by atoms with Gasteiger partial charge in [0.2, 0.25) is 0 Å². The minimum atomic E-state index is -1.75. The summed E-state index contributed by atoms with van der Waals surface area (Å²) in [6.07, 6.45) is 0. The topological polar surface area (TPSA) is 219 Å². The predicted molar refractivity (Wildman–Crippen MR) is 49.6 cm³/mol. The summed E-state index contributed by atoms with van der Waals surface area (Å²) in [6, 6.07) is 0. The molecule has 16 heavy (non-hydrogen) atoms. The maximum atomic E-state index is 8.25. The van der Waals surface area contributed by atoms with E-state index in [4.69, 9.17) is 51.1 Å². The fourth-order valence-corrected chi connectivity index (χ4v) is 0. The van der Waals surface area contributed by atoms with Crippen LogP contribution in [0.3, 0.4) is 0 Å². The van der Waals surface area contributed by atoms with Gasteiger partial charge in [0.1, 0.15) is 0 Å². The van der Waals surface area contributed by atoms with Crippen molar-refractivity contribution in [2.24, 2.45) is 0 Å². The molecule has 14 heteroatoms. The second kappa shape index (κ2) is 29.2. The van der Waals surface area contributed by atoms with Crippen LogP contribution in [-0.2, 0) is 0 Å². The molecule has 0 aliphatic heterocycles. The van der Waals surface area contributed by atoms with Crippen molar-refractivity contribution in [1.29, 1.82) is 0 Å². The molecule has 0 aliphatic carbocycles. The Balaban J connectivity index is -0.0000000331. The van der Waals surface area contributed by atoms with Crippen molar-refractivity contribution < 1.29 is 20.4 Å². The van der Waals surface area contributed by atoms with Gasteiger partial charge in [-0.1, -0.05) is 0 Å². The van der Waals surface area contributed by atoms with Gasteiger partial charge < -0.3 is 51.1 Å². The van der Waals surface area contributed by atoms with Crippen LogP contribution in [0.25, 0.3) is 0 Å². The standard InChI is InChI=1S/C2H6O.In.3NO3/c1-2-3;;3*2-1(3)4/h3H,2H2,1H3;;;;/q;+3;3*-1. The largest absolute Gasteiger partial charge is 3.00 e. The molecular weight excluding hydrogens is 341 g/mol. The summed E-state index contributed by atoms with van der Waals surface area (Å²) in [5, 5.41) is 51.8. The molecule has 0 saturated heterocycles. The second-order valence-electron chi connectivity index (χ2n) is 0.987. The van der Waals surface area contributed by atoms with Gasteiger partial charge in [0, 0.05) is 6.61 Å². The zero-order valence-corrected chi connectivity index (χ0v) is 11.0. The Labute approximate surface area is 106 Å². The number of hydrogen-bond acceptors (Lipinski definition) is 10. The minimum Gasteiger partial charge on any atom is -0.397 e. The zero-order chi connectivity index (χ0) is 13.4. The van der Waals surface area contributed by atoms with Crippen LogP contribution >= 0.6 is 0 Å². The molecule has 0 fully saturated rings. The van der Waals surface area contributed by atoms with Crippen molar-refractivity contribution in [2.75, 3.05) is 6.61 Å². The van der Waals surface area contributed by atoms with Crippen molar-refractivity contribution >= 4 is 25.8 Å². The Bertz CT molecular complexity index is 133. The van der Waals surface area contributed by atoms with Gasteiger partial charge in [-0.2, -0.15) is 0 Å². The van der Waals surface area contributed by atoms with Gasteiger partial charge >= 0.3 is 25.8 Å². The smallest absolute Gasteiger partial charge is 0.397 e. The molecular formula is C2H6InN3O10. The van der Waals surface area contributed by atoms with Crippen molar-refractivity contribution in [1.82, 2.24) is 0 Å². The minimum absolute atomic E-state index is 0. The Morgan fingerprint density at radius 3 is 0.812 bits per heavy atom. The van der Waals surface area contributed by atoms with Gasteiger partial charge in [0.15, 0.2) is 0 Å². The summed E-state index contributed by atoms with van der Waals surface area (Å²) in [7, 11) is 0. The zero-order valence-electron chi connectivity index (χ0n) is 7.75. The van der Waals surface area contributed by atoms with Gasteiger partial charge in [-0.3, -0.25) is 0 Å². The van der Waals surface area contributed by atoms with E-state index in [2.05, 4.69) is 0 Å².